The summed E-state index contributed by atoms with van der Waals surface area (Å²) in [5.41, 5.74) is 0.387. The number of pyridine rings is 1. The minimum Gasteiger partial charge on any atom is -0.387 e. The van der Waals surface area contributed by atoms with E-state index in [2.05, 4.69) is 15.5 Å². The molecule has 0 bridgehead atoms. The molecule has 1 aromatic rings. The molecule has 0 aliphatic heterocycles. The fourth-order valence-corrected chi connectivity index (χ4v) is 1.14. The van der Waals surface area contributed by atoms with Crippen LogP contribution in [0.15, 0.2) is 35.4 Å². The molecule has 1 unspecified atom stereocenters. The van der Waals surface area contributed by atoms with Crippen molar-refractivity contribution in [2.24, 2.45) is 5.18 Å². The van der Waals surface area contributed by atoms with Crippen molar-refractivity contribution in [2.45, 2.75) is 6.17 Å². The summed E-state index contributed by atoms with van der Waals surface area (Å²) in [6, 6.07) is 2.97. The molecule has 0 saturated carbocycles. The molecule has 1 heterocycles. The highest BCUT2D eigenvalue weighted by atomic mass is 35.5. The summed E-state index contributed by atoms with van der Waals surface area (Å²) in [5.74, 6) is 0. The number of halogens is 2. The van der Waals surface area contributed by atoms with Crippen LogP contribution >= 0.6 is 11.6 Å². The van der Waals surface area contributed by atoms with E-state index in [1.807, 2.05) is 0 Å². The SMILES string of the molecule is CN/C(=C\N=O)C(F)c1ccc(Cl)nc1. The number of nitroso groups, excluding NO2 is 1. The van der Waals surface area contributed by atoms with Crippen LogP contribution in [0.4, 0.5) is 4.39 Å². The number of likely N-dealkylation sites (N-methyl/N-ethyl adjacent to an activating group) is 1. The summed E-state index contributed by atoms with van der Waals surface area (Å²) in [6.07, 6.45) is 0.736. The van der Waals surface area contributed by atoms with Crippen molar-refractivity contribution < 1.29 is 4.39 Å². The summed E-state index contributed by atoms with van der Waals surface area (Å²) in [5, 5.41) is 5.34. The van der Waals surface area contributed by atoms with Gasteiger partial charge in [-0.1, -0.05) is 17.7 Å². The van der Waals surface area contributed by atoms with Crippen molar-refractivity contribution in [1.82, 2.24) is 10.3 Å². The van der Waals surface area contributed by atoms with Crippen LogP contribution in [0.1, 0.15) is 11.7 Å². The van der Waals surface area contributed by atoms with E-state index in [9.17, 15) is 9.30 Å². The largest absolute Gasteiger partial charge is 0.387 e. The molecule has 0 fully saturated rings. The number of aromatic nitrogens is 1. The van der Waals surface area contributed by atoms with E-state index >= 15 is 0 Å². The molecule has 0 aliphatic rings. The van der Waals surface area contributed by atoms with Gasteiger partial charge in [0.15, 0.2) is 6.17 Å². The first-order valence-corrected chi connectivity index (χ1v) is 4.52. The Balaban J connectivity index is 2.92. The number of hydrogen-bond acceptors (Lipinski definition) is 4. The Hall–Kier alpha value is -1.49. The Morgan fingerprint density at radius 1 is 1.73 bits per heavy atom. The fourth-order valence-electron chi connectivity index (χ4n) is 1.03. The molecule has 1 N–H and O–H groups in total. The van der Waals surface area contributed by atoms with Gasteiger partial charge in [-0.05, 0) is 11.2 Å². The lowest BCUT2D eigenvalue weighted by molar-refractivity contribution is 0.379. The quantitative estimate of drug-likeness (QED) is 0.638. The van der Waals surface area contributed by atoms with Crippen LogP contribution in [0, 0.1) is 4.91 Å². The monoisotopic (exact) mass is 229 g/mol. The minimum absolute atomic E-state index is 0.0779. The molecular weight excluding hydrogens is 221 g/mol. The third kappa shape index (κ3) is 2.99. The van der Waals surface area contributed by atoms with E-state index in [0.717, 1.165) is 6.20 Å². The molecule has 1 rings (SSSR count). The number of rotatable bonds is 4. The molecule has 1 atom stereocenters. The van der Waals surface area contributed by atoms with Crippen LogP contribution in [0.5, 0.6) is 0 Å². The second-order valence-corrected chi connectivity index (χ2v) is 3.10. The van der Waals surface area contributed by atoms with Crippen LogP contribution in [0.3, 0.4) is 0 Å². The highest BCUT2D eigenvalue weighted by molar-refractivity contribution is 6.29. The second kappa shape index (κ2) is 5.41. The smallest absolute Gasteiger partial charge is 0.168 e. The summed E-state index contributed by atoms with van der Waals surface area (Å²) < 4.78 is 13.7. The zero-order valence-corrected chi connectivity index (χ0v) is 8.70. The van der Waals surface area contributed by atoms with Crippen molar-refractivity contribution in [3.63, 3.8) is 0 Å². The predicted molar refractivity (Wildman–Crippen MR) is 56.0 cm³/mol. The van der Waals surface area contributed by atoms with Crippen LogP contribution < -0.4 is 5.32 Å². The molecule has 0 spiro atoms. The van der Waals surface area contributed by atoms with Crippen LogP contribution in [-0.4, -0.2) is 12.0 Å². The van der Waals surface area contributed by atoms with E-state index in [1.54, 1.807) is 0 Å². The molecule has 0 amide bonds. The molecule has 0 aromatic carbocycles. The van der Waals surface area contributed by atoms with Gasteiger partial charge in [-0.3, -0.25) is 0 Å². The van der Waals surface area contributed by atoms with Crippen LogP contribution in [0.25, 0.3) is 0 Å². The lowest BCUT2D eigenvalue weighted by Gasteiger charge is -2.10. The summed E-state index contributed by atoms with van der Waals surface area (Å²) in [4.78, 5) is 13.7. The standard InChI is InChI=1S/C9H9ClFN3O/c1-12-7(5-14-15)9(11)6-2-3-8(10)13-4-6/h2-5,9,12H,1H3/b7-5-. The van der Waals surface area contributed by atoms with Crippen molar-refractivity contribution in [1.29, 1.82) is 0 Å². The Bertz CT molecular complexity index is 366. The third-order valence-corrected chi connectivity index (χ3v) is 2.02. The first-order valence-electron chi connectivity index (χ1n) is 4.15. The molecule has 6 heteroatoms. The third-order valence-electron chi connectivity index (χ3n) is 1.80. The molecule has 0 saturated heterocycles. The van der Waals surface area contributed by atoms with Gasteiger partial charge in [-0.15, -0.1) is 4.91 Å². The van der Waals surface area contributed by atoms with Gasteiger partial charge in [0.1, 0.15) is 5.15 Å². The molecule has 0 radical (unpaired) electrons. The van der Waals surface area contributed by atoms with Crippen molar-refractivity contribution in [2.75, 3.05) is 7.05 Å². The van der Waals surface area contributed by atoms with Gasteiger partial charge in [0.2, 0.25) is 0 Å². The van der Waals surface area contributed by atoms with Gasteiger partial charge < -0.3 is 5.32 Å². The highest BCUT2D eigenvalue weighted by Crippen LogP contribution is 2.23. The molecule has 4 nitrogen and oxygen atoms in total. The maximum absolute atomic E-state index is 13.7. The van der Waals surface area contributed by atoms with Crippen molar-refractivity contribution in [3.8, 4) is 0 Å². The molecule has 80 valence electrons. The molecular formula is C9H9ClFN3O. The topological polar surface area (TPSA) is 54.4 Å². The van der Waals surface area contributed by atoms with Gasteiger partial charge in [-0.25, -0.2) is 9.37 Å². The number of nitrogens with zero attached hydrogens (tertiary/aromatic N) is 2. The van der Waals surface area contributed by atoms with Gasteiger partial charge >= 0.3 is 0 Å². The zero-order chi connectivity index (χ0) is 11.3. The lowest BCUT2D eigenvalue weighted by atomic mass is 10.1. The molecule has 15 heavy (non-hydrogen) atoms. The van der Waals surface area contributed by atoms with Gasteiger partial charge in [0, 0.05) is 18.8 Å². The summed E-state index contributed by atoms with van der Waals surface area (Å²) >= 11 is 5.56. The van der Waals surface area contributed by atoms with E-state index in [-0.39, 0.29) is 10.9 Å². The minimum atomic E-state index is -1.46. The van der Waals surface area contributed by atoms with Crippen molar-refractivity contribution >= 4 is 11.6 Å². The zero-order valence-electron chi connectivity index (χ0n) is 7.95. The van der Waals surface area contributed by atoms with Gasteiger partial charge in [0.25, 0.3) is 0 Å². The maximum Gasteiger partial charge on any atom is 0.168 e. The van der Waals surface area contributed by atoms with E-state index < -0.39 is 6.17 Å². The normalized spacial score (nSPS) is 13.4. The summed E-state index contributed by atoms with van der Waals surface area (Å²) in [6.45, 7) is 0. The van der Waals surface area contributed by atoms with Gasteiger partial charge in [0.05, 0.1) is 11.9 Å². The molecule has 1 aromatic heterocycles. The number of hydrogen-bond donors (Lipinski definition) is 1. The first kappa shape index (κ1) is 11.6. The van der Waals surface area contributed by atoms with E-state index in [0.29, 0.717) is 5.56 Å². The van der Waals surface area contributed by atoms with Crippen LogP contribution in [-0.2, 0) is 0 Å². The fraction of sp³-hybridized carbons (Fsp3) is 0.222. The Kier molecular flexibility index (Phi) is 4.17. The van der Waals surface area contributed by atoms with Crippen molar-refractivity contribution in [3.05, 3.63) is 45.9 Å². The first-order chi connectivity index (χ1) is 7.19. The van der Waals surface area contributed by atoms with Crippen LogP contribution in [0.2, 0.25) is 5.15 Å². The Morgan fingerprint density at radius 3 is 2.93 bits per heavy atom. The Morgan fingerprint density at radius 2 is 2.47 bits per heavy atom. The highest BCUT2D eigenvalue weighted by Gasteiger charge is 2.14. The number of alkyl halides is 1. The second-order valence-electron chi connectivity index (χ2n) is 2.72. The number of allylic oxidation sites excluding steroid dienone is 1. The van der Waals surface area contributed by atoms with Gasteiger partial charge in [-0.2, -0.15) is 0 Å². The van der Waals surface area contributed by atoms with E-state index in [1.165, 1.54) is 25.4 Å². The Labute approximate surface area is 91.1 Å². The average Bonchev–Trinajstić information content (AvgIpc) is 2.26. The molecule has 0 aliphatic carbocycles. The lowest BCUT2D eigenvalue weighted by Crippen LogP contribution is -2.11. The predicted octanol–water partition coefficient (Wildman–Crippen LogP) is 2.57. The summed E-state index contributed by atoms with van der Waals surface area (Å²) in [7, 11) is 1.51. The average molecular weight is 230 g/mol. The number of nitrogens with one attached hydrogen (secondary N) is 1. The van der Waals surface area contributed by atoms with E-state index in [4.69, 9.17) is 11.6 Å². The maximum atomic E-state index is 13.7.